The normalized spacial score (nSPS) is 11.2. The number of alkyl halides is 3. The zero-order valence-electron chi connectivity index (χ0n) is 14.5. The fourth-order valence-corrected chi connectivity index (χ4v) is 2.71. The van der Waals surface area contributed by atoms with Crippen molar-refractivity contribution in [3.05, 3.63) is 71.0 Å². The highest BCUT2D eigenvalue weighted by Crippen LogP contribution is 2.34. The van der Waals surface area contributed by atoms with Crippen LogP contribution >= 0.6 is 11.6 Å². The summed E-state index contributed by atoms with van der Waals surface area (Å²) < 4.78 is 41.7. The Balaban J connectivity index is 1.95. The standard InChI is InChI=1S/C18H13ClF3N5O2/c19-10-4-6-13(7-5-10)27-15(18(20,21)22)14(9-24-27)16(28)25-11-2-1-3-12(8-11)26-17(23)29/h1-9H,(H,25,28)(H3,23,26,29). The van der Waals surface area contributed by atoms with Gasteiger partial charge in [0.2, 0.25) is 0 Å². The monoisotopic (exact) mass is 423 g/mol. The molecule has 0 aliphatic carbocycles. The van der Waals surface area contributed by atoms with Crippen LogP contribution in [-0.2, 0) is 6.18 Å². The third-order valence-electron chi connectivity index (χ3n) is 3.74. The van der Waals surface area contributed by atoms with Crippen LogP contribution in [0, 0.1) is 0 Å². The lowest BCUT2D eigenvalue weighted by molar-refractivity contribution is -0.143. The molecule has 4 N–H and O–H groups in total. The van der Waals surface area contributed by atoms with Crippen LogP contribution in [0.2, 0.25) is 5.02 Å². The van der Waals surface area contributed by atoms with Gasteiger partial charge in [0.05, 0.1) is 17.4 Å². The van der Waals surface area contributed by atoms with Crippen LogP contribution in [0.4, 0.5) is 29.3 Å². The van der Waals surface area contributed by atoms with E-state index in [4.69, 9.17) is 17.3 Å². The van der Waals surface area contributed by atoms with Gasteiger partial charge in [-0.05, 0) is 42.5 Å². The summed E-state index contributed by atoms with van der Waals surface area (Å²) in [6.45, 7) is 0. The Bertz CT molecular complexity index is 1060. The fourth-order valence-electron chi connectivity index (χ4n) is 2.58. The second kappa shape index (κ2) is 7.84. The molecule has 0 aliphatic heterocycles. The van der Waals surface area contributed by atoms with Crippen LogP contribution in [0.15, 0.2) is 54.7 Å². The number of anilines is 2. The third kappa shape index (κ3) is 4.66. The minimum Gasteiger partial charge on any atom is -0.351 e. The fraction of sp³-hybridized carbons (Fsp3) is 0.0556. The van der Waals surface area contributed by atoms with E-state index in [-0.39, 0.29) is 17.1 Å². The molecule has 2 aromatic carbocycles. The van der Waals surface area contributed by atoms with Gasteiger partial charge >= 0.3 is 12.2 Å². The van der Waals surface area contributed by atoms with Crippen molar-refractivity contribution in [2.24, 2.45) is 5.73 Å². The SMILES string of the molecule is NC(=O)Nc1cccc(NC(=O)c2cnn(-c3ccc(Cl)cc3)c2C(F)(F)F)c1. The van der Waals surface area contributed by atoms with Gasteiger partial charge in [0, 0.05) is 16.4 Å². The van der Waals surface area contributed by atoms with Gasteiger partial charge in [-0.1, -0.05) is 17.7 Å². The molecule has 0 aliphatic rings. The van der Waals surface area contributed by atoms with Crippen LogP contribution in [-0.4, -0.2) is 21.7 Å². The van der Waals surface area contributed by atoms with E-state index in [1.807, 2.05) is 0 Å². The predicted octanol–water partition coefficient (Wildman–Crippen LogP) is 4.29. The molecule has 0 saturated heterocycles. The first kappa shape index (κ1) is 20.2. The Morgan fingerprint density at radius 3 is 2.24 bits per heavy atom. The summed E-state index contributed by atoms with van der Waals surface area (Å²) in [6.07, 6.45) is -4.02. The number of rotatable bonds is 4. The first-order valence-corrected chi connectivity index (χ1v) is 8.42. The summed E-state index contributed by atoms with van der Waals surface area (Å²) in [6, 6.07) is 10.5. The number of aromatic nitrogens is 2. The zero-order valence-corrected chi connectivity index (χ0v) is 15.3. The number of nitrogens with zero attached hydrogens (tertiary/aromatic N) is 2. The summed E-state index contributed by atoms with van der Waals surface area (Å²) >= 11 is 5.77. The van der Waals surface area contributed by atoms with E-state index in [2.05, 4.69) is 15.7 Å². The van der Waals surface area contributed by atoms with Gasteiger partial charge in [-0.3, -0.25) is 4.79 Å². The number of hydrogen-bond donors (Lipinski definition) is 3. The molecule has 1 aromatic heterocycles. The number of carbonyl (C=O) groups excluding carboxylic acids is 2. The van der Waals surface area contributed by atoms with Crippen molar-refractivity contribution < 1.29 is 22.8 Å². The first-order valence-electron chi connectivity index (χ1n) is 8.04. The van der Waals surface area contributed by atoms with E-state index in [0.717, 1.165) is 6.20 Å². The molecule has 0 spiro atoms. The van der Waals surface area contributed by atoms with E-state index in [1.165, 1.54) is 48.5 Å². The smallest absolute Gasteiger partial charge is 0.351 e. The molecule has 0 fully saturated rings. The summed E-state index contributed by atoms with van der Waals surface area (Å²) in [5.74, 6) is -1.02. The molecule has 1 heterocycles. The molecule has 0 saturated carbocycles. The Morgan fingerprint density at radius 1 is 1.03 bits per heavy atom. The summed E-state index contributed by atoms with van der Waals surface area (Å²) in [4.78, 5) is 23.4. The highest BCUT2D eigenvalue weighted by Gasteiger charge is 2.40. The molecule has 11 heteroatoms. The quantitative estimate of drug-likeness (QED) is 0.583. The maximum atomic E-state index is 13.7. The maximum absolute atomic E-state index is 13.7. The second-order valence-corrected chi connectivity index (χ2v) is 6.25. The number of benzene rings is 2. The summed E-state index contributed by atoms with van der Waals surface area (Å²) in [5.41, 5.74) is 3.64. The van der Waals surface area contributed by atoms with Crippen molar-refractivity contribution in [1.29, 1.82) is 0 Å². The number of urea groups is 1. The Morgan fingerprint density at radius 2 is 1.66 bits per heavy atom. The van der Waals surface area contributed by atoms with Crippen molar-refractivity contribution in [3.63, 3.8) is 0 Å². The topological polar surface area (TPSA) is 102 Å². The molecule has 0 atom stereocenters. The Hall–Kier alpha value is -3.53. The van der Waals surface area contributed by atoms with Gasteiger partial charge in [0.1, 0.15) is 0 Å². The van der Waals surface area contributed by atoms with Gasteiger partial charge in [-0.25, -0.2) is 9.48 Å². The van der Waals surface area contributed by atoms with Gasteiger partial charge in [0.25, 0.3) is 5.91 Å². The number of hydrogen-bond acceptors (Lipinski definition) is 3. The van der Waals surface area contributed by atoms with Crippen LogP contribution in [0.3, 0.4) is 0 Å². The van der Waals surface area contributed by atoms with Crippen LogP contribution in [0.25, 0.3) is 5.69 Å². The van der Waals surface area contributed by atoms with Crippen LogP contribution in [0.5, 0.6) is 0 Å². The number of halogens is 4. The lowest BCUT2D eigenvalue weighted by Crippen LogP contribution is -2.21. The molecule has 3 rings (SSSR count). The van der Waals surface area contributed by atoms with E-state index in [9.17, 15) is 22.8 Å². The van der Waals surface area contributed by atoms with Gasteiger partial charge < -0.3 is 16.4 Å². The molecular formula is C18H13ClF3N5O2. The molecule has 0 bridgehead atoms. The highest BCUT2D eigenvalue weighted by molar-refractivity contribution is 6.30. The number of nitrogens with one attached hydrogen (secondary N) is 2. The lowest BCUT2D eigenvalue weighted by Gasteiger charge is -2.13. The van der Waals surface area contributed by atoms with Crippen molar-refractivity contribution in [3.8, 4) is 5.69 Å². The predicted molar refractivity (Wildman–Crippen MR) is 101 cm³/mol. The number of amides is 3. The molecule has 3 aromatic rings. The van der Waals surface area contributed by atoms with E-state index in [0.29, 0.717) is 9.70 Å². The second-order valence-electron chi connectivity index (χ2n) is 5.82. The Labute approximate surface area is 167 Å². The van der Waals surface area contributed by atoms with Gasteiger partial charge in [-0.2, -0.15) is 18.3 Å². The average molecular weight is 424 g/mol. The third-order valence-corrected chi connectivity index (χ3v) is 3.99. The molecule has 29 heavy (non-hydrogen) atoms. The van der Waals surface area contributed by atoms with Crippen molar-refractivity contribution >= 4 is 34.9 Å². The molecule has 150 valence electrons. The molecule has 3 amide bonds. The maximum Gasteiger partial charge on any atom is 0.434 e. The molecule has 0 unspecified atom stereocenters. The van der Waals surface area contributed by atoms with Crippen molar-refractivity contribution in [1.82, 2.24) is 9.78 Å². The largest absolute Gasteiger partial charge is 0.434 e. The van der Waals surface area contributed by atoms with E-state index >= 15 is 0 Å². The number of primary amides is 1. The minimum absolute atomic E-state index is 0.0911. The van der Waals surface area contributed by atoms with E-state index in [1.54, 1.807) is 0 Å². The number of nitrogens with two attached hydrogens (primary N) is 1. The molecular weight excluding hydrogens is 411 g/mol. The zero-order chi connectivity index (χ0) is 21.2. The first-order chi connectivity index (χ1) is 13.6. The van der Waals surface area contributed by atoms with E-state index < -0.39 is 29.4 Å². The summed E-state index contributed by atoms with van der Waals surface area (Å²) in [7, 11) is 0. The van der Waals surface area contributed by atoms with Crippen LogP contribution in [0.1, 0.15) is 16.1 Å². The molecule has 0 radical (unpaired) electrons. The minimum atomic E-state index is -4.85. The van der Waals surface area contributed by atoms with Crippen LogP contribution < -0.4 is 16.4 Å². The van der Waals surface area contributed by atoms with Gasteiger partial charge in [-0.15, -0.1) is 0 Å². The van der Waals surface area contributed by atoms with Crippen molar-refractivity contribution in [2.45, 2.75) is 6.18 Å². The number of carbonyl (C=O) groups is 2. The molecule has 7 nitrogen and oxygen atoms in total. The van der Waals surface area contributed by atoms with Crippen molar-refractivity contribution in [2.75, 3.05) is 10.6 Å². The van der Waals surface area contributed by atoms with Gasteiger partial charge in [0.15, 0.2) is 5.69 Å². The summed E-state index contributed by atoms with van der Waals surface area (Å²) in [5, 5.41) is 8.72. The Kier molecular flexibility index (Phi) is 5.46. The average Bonchev–Trinajstić information content (AvgIpc) is 3.08. The lowest BCUT2D eigenvalue weighted by atomic mass is 10.2. The highest BCUT2D eigenvalue weighted by atomic mass is 35.5.